The molecule has 0 spiro atoms. The number of anilines is 1. The lowest BCUT2D eigenvalue weighted by atomic mass is 10.0. The Morgan fingerprint density at radius 3 is 2.24 bits per heavy atom. The maximum atomic E-state index is 12.2. The van der Waals surface area contributed by atoms with Crippen LogP contribution in [0.4, 0.5) is 5.69 Å². The van der Waals surface area contributed by atoms with Crippen molar-refractivity contribution in [2.45, 2.75) is 33.6 Å². The molecule has 25 heavy (non-hydrogen) atoms. The lowest BCUT2D eigenvalue weighted by Crippen LogP contribution is -2.22. The molecular weight excluding hydrogens is 318 g/mol. The average molecular weight is 341 g/mol. The van der Waals surface area contributed by atoms with E-state index in [1.165, 1.54) is 6.07 Å². The van der Waals surface area contributed by atoms with E-state index in [0.29, 0.717) is 5.56 Å². The number of amides is 1. The number of hydrogen-bond donors (Lipinski definition) is 2. The molecule has 2 aromatic carbocycles. The van der Waals surface area contributed by atoms with Crippen LogP contribution in [-0.2, 0) is 22.4 Å². The average Bonchev–Trinajstić information content (AvgIpc) is 2.62. The summed E-state index contributed by atoms with van der Waals surface area (Å²) in [6.45, 7) is 5.32. The number of phenolic OH excluding ortho intramolecular Hbond substituents is 1. The van der Waals surface area contributed by atoms with Crippen molar-refractivity contribution in [3.63, 3.8) is 0 Å². The van der Waals surface area contributed by atoms with Gasteiger partial charge >= 0.3 is 5.97 Å². The summed E-state index contributed by atoms with van der Waals surface area (Å²) in [7, 11) is 0. The van der Waals surface area contributed by atoms with Gasteiger partial charge in [-0.25, -0.2) is 4.79 Å². The summed E-state index contributed by atoms with van der Waals surface area (Å²) in [6.07, 6.45) is 1.58. The van der Waals surface area contributed by atoms with Gasteiger partial charge in [0.05, 0.1) is 0 Å². The molecule has 0 saturated heterocycles. The van der Waals surface area contributed by atoms with Crippen molar-refractivity contribution in [3.8, 4) is 5.75 Å². The van der Waals surface area contributed by atoms with Crippen molar-refractivity contribution in [1.29, 1.82) is 0 Å². The minimum absolute atomic E-state index is 0.0519. The van der Waals surface area contributed by atoms with Crippen LogP contribution < -0.4 is 5.32 Å². The molecule has 0 aliphatic heterocycles. The molecule has 0 fully saturated rings. The van der Waals surface area contributed by atoms with Gasteiger partial charge in [-0.15, -0.1) is 0 Å². The van der Waals surface area contributed by atoms with E-state index in [0.717, 1.165) is 29.7 Å². The first-order valence-corrected chi connectivity index (χ1v) is 8.34. The maximum Gasteiger partial charge on any atom is 0.342 e. The highest BCUT2D eigenvalue weighted by molar-refractivity contribution is 5.97. The molecule has 5 heteroatoms. The van der Waals surface area contributed by atoms with Gasteiger partial charge in [-0.3, -0.25) is 4.79 Å². The van der Waals surface area contributed by atoms with Crippen LogP contribution in [0.5, 0.6) is 5.75 Å². The van der Waals surface area contributed by atoms with Crippen LogP contribution in [0.2, 0.25) is 0 Å². The number of aromatic hydroxyl groups is 1. The van der Waals surface area contributed by atoms with Crippen LogP contribution in [0, 0.1) is 6.92 Å². The lowest BCUT2D eigenvalue weighted by Gasteiger charge is -2.14. The summed E-state index contributed by atoms with van der Waals surface area (Å²) in [5, 5.41) is 12.7. The summed E-state index contributed by atoms with van der Waals surface area (Å²) in [6, 6.07) is 10.7. The van der Waals surface area contributed by atoms with Gasteiger partial charge in [0.1, 0.15) is 11.3 Å². The third kappa shape index (κ3) is 4.38. The quantitative estimate of drug-likeness (QED) is 0.787. The van der Waals surface area contributed by atoms with Crippen molar-refractivity contribution < 1.29 is 19.4 Å². The zero-order valence-electron chi connectivity index (χ0n) is 14.8. The number of esters is 1. The Kier molecular flexibility index (Phi) is 6.17. The lowest BCUT2D eigenvalue weighted by molar-refractivity contribution is -0.119. The summed E-state index contributed by atoms with van der Waals surface area (Å²) in [5.41, 5.74) is 3.48. The van der Waals surface area contributed by atoms with E-state index >= 15 is 0 Å². The van der Waals surface area contributed by atoms with E-state index in [4.69, 9.17) is 4.74 Å². The molecule has 0 aromatic heterocycles. The van der Waals surface area contributed by atoms with Gasteiger partial charge in [-0.1, -0.05) is 44.2 Å². The Hall–Kier alpha value is -2.82. The second-order valence-electron chi connectivity index (χ2n) is 5.75. The molecule has 0 unspecified atom stereocenters. The molecule has 0 saturated carbocycles. The smallest absolute Gasteiger partial charge is 0.342 e. The Balaban J connectivity index is 2.04. The largest absolute Gasteiger partial charge is 0.507 e. The van der Waals surface area contributed by atoms with Gasteiger partial charge in [0, 0.05) is 5.69 Å². The SMILES string of the molecule is CCc1cccc(CC)c1NC(=O)COC(=O)c1cccc(C)c1O. The van der Waals surface area contributed by atoms with Crippen LogP contribution in [0.15, 0.2) is 36.4 Å². The second-order valence-corrected chi connectivity index (χ2v) is 5.75. The van der Waals surface area contributed by atoms with Crippen LogP contribution in [0.3, 0.4) is 0 Å². The van der Waals surface area contributed by atoms with Crippen molar-refractivity contribution >= 4 is 17.6 Å². The third-order valence-corrected chi connectivity index (χ3v) is 4.06. The number of hydrogen-bond acceptors (Lipinski definition) is 4. The zero-order valence-corrected chi connectivity index (χ0v) is 14.8. The Labute approximate surface area is 147 Å². The number of phenols is 1. The zero-order chi connectivity index (χ0) is 18.4. The fourth-order valence-electron chi connectivity index (χ4n) is 2.61. The van der Waals surface area contributed by atoms with Crippen molar-refractivity contribution in [3.05, 3.63) is 58.7 Å². The number of rotatable bonds is 6. The first kappa shape index (κ1) is 18.5. The number of para-hydroxylation sites is 2. The van der Waals surface area contributed by atoms with E-state index < -0.39 is 18.5 Å². The molecule has 0 bridgehead atoms. The highest BCUT2D eigenvalue weighted by Crippen LogP contribution is 2.23. The van der Waals surface area contributed by atoms with Gasteiger partial charge in [0.25, 0.3) is 5.91 Å². The summed E-state index contributed by atoms with van der Waals surface area (Å²) < 4.78 is 5.03. The number of carbonyl (C=O) groups is 2. The van der Waals surface area contributed by atoms with E-state index in [1.807, 2.05) is 32.0 Å². The molecule has 0 heterocycles. The molecule has 2 N–H and O–H groups in total. The normalized spacial score (nSPS) is 10.4. The highest BCUT2D eigenvalue weighted by Gasteiger charge is 2.16. The molecule has 0 aliphatic carbocycles. The highest BCUT2D eigenvalue weighted by atomic mass is 16.5. The number of carbonyl (C=O) groups excluding carboxylic acids is 2. The number of aryl methyl sites for hydroxylation is 3. The van der Waals surface area contributed by atoms with Crippen molar-refractivity contribution in [2.75, 3.05) is 11.9 Å². The Morgan fingerprint density at radius 1 is 1.04 bits per heavy atom. The first-order chi connectivity index (χ1) is 12.0. The number of ether oxygens (including phenoxy) is 1. The minimum atomic E-state index is -0.726. The molecule has 2 aromatic rings. The van der Waals surface area contributed by atoms with Crippen LogP contribution in [0.1, 0.15) is 40.9 Å². The monoisotopic (exact) mass is 341 g/mol. The van der Waals surface area contributed by atoms with Gasteiger partial charge in [-0.05, 0) is 42.5 Å². The molecule has 1 amide bonds. The topological polar surface area (TPSA) is 75.6 Å². The standard InChI is InChI=1S/C20H23NO4/c1-4-14-9-7-10-15(5-2)18(14)21-17(22)12-25-20(24)16-11-6-8-13(3)19(16)23/h6-11,23H,4-5,12H2,1-3H3,(H,21,22). The van der Waals surface area contributed by atoms with Crippen LogP contribution in [-0.4, -0.2) is 23.6 Å². The molecule has 0 atom stereocenters. The Morgan fingerprint density at radius 2 is 1.64 bits per heavy atom. The molecule has 2 rings (SSSR count). The van der Waals surface area contributed by atoms with Gasteiger partial charge in [0.15, 0.2) is 6.61 Å². The molecule has 5 nitrogen and oxygen atoms in total. The molecular formula is C20H23NO4. The fraction of sp³-hybridized carbons (Fsp3) is 0.300. The number of benzene rings is 2. The predicted octanol–water partition coefficient (Wildman–Crippen LogP) is 3.62. The van der Waals surface area contributed by atoms with E-state index in [2.05, 4.69) is 5.32 Å². The van der Waals surface area contributed by atoms with Gasteiger partial charge in [0.2, 0.25) is 0 Å². The molecule has 0 radical (unpaired) electrons. The minimum Gasteiger partial charge on any atom is -0.507 e. The van der Waals surface area contributed by atoms with Gasteiger partial charge in [-0.2, -0.15) is 0 Å². The second kappa shape index (κ2) is 8.33. The summed E-state index contributed by atoms with van der Waals surface area (Å²) in [5.74, 6) is -1.26. The summed E-state index contributed by atoms with van der Waals surface area (Å²) in [4.78, 5) is 24.2. The summed E-state index contributed by atoms with van der Waals surface area (Å²) >= 11 is 0. The van der Waals surface area contributed by atoms with E-state index in [9.17, 15) is 14.7 Å². The molecule has 0 aliphatic rings. The predicted molar refractivity (Wildman–Crippen MR) is 97.0 cm³/mol. The van der Waals surface area contributed by atoms with E-state index in [1.54, 1.807) is 19.1 Å². The van der Waals surface area contributed by atoms with Crippen LogP contribution >= 0.6 is 0 Å². The first-order valence-electron chi connectivity index (χ1n) is 8.34. The van der Waals surface area contributed by atoms with Crippen molar-refractivity contribution in [1.82, 2.24) is 0 Å². The maximum absolute atomic E-state index is 12.2. The molecule has 132 valence electrons. The third-order valence-electron chi connectivity index (χ3n) is 4.06. The van der Waals surface area contributed by atoms with Crippen LogP contribution in [0.25, 0.3) is 0 Å². The van der Waals surface area contributed by atoms with Gasteiger partial charge < -0.3 is 15.2 Å². The fourth-order valence-corrected chi connectivity index (χ4v) is 2.61. The van der Waals surface area contributed by atoms with E-state index in [-0.39, 0.29) is 11.3 Å². The number of nitrogens with one attached hydrogen (secondary N) is 1. The Bertz CT molecular complexity index is 761. The van der Waals surface area contributed by atoms with Crippen molar-refractivity contribution in [2.24, 2.45) is 0 Å².